The van der Waals surface area contributed by atoms with E-state index in [4.69, 9.17) is 4.74 Å². The number of aromatic nitrogens is 3. The van der Waals surface area contributed by atoms with Crippen LogP contribution in [0.2, 0.25) is 0 Å². The number of aromatic amines is 1. The molecule has 6 rings (SSSR count). The number of hydrogen-bond donors (Lipinski definition) is 1. The van der Waals surface area contributed by atoms with Crippen molar-refractivity contribution < 1.29 is 4.74 Å². The number of aryl methyl sites for hydroxylation is 1. The van der Waals surface area contributed by atoms with Crippen LogP contribution < -0.4 is 0 Å². The van der Waals surface area contributed by atoms with Gasteiger partial charge >= 0.3 is 0 Å². The van der Waals surface area contributed by atoms with Gasteiger partial charge < -0.3 is 9.72 Å². The smallest absolute Gasteiger partial charge is 0.0671 e. The summed E-state index contributed by atoms with van der Waals surface area (Å²) in [7, 11) is 0. The lowest BCUT2D eigenvalue weighted by atomic mass is 9.87. The van der Waals surface area contributed by atoms with Crippen molar-refractivity contribution in [1.82, 2.24) is 19.5 Å². The Hall–Kier alpha value is -2.63. The molecule has 4 aromatic rings. The molecule has 5 heterocycles. The average molecular weight is 429 g/mol. The number of ether oxygens (including phenoxy) is 1. The van der Waals surface area contributed by atoms with E-state index in [0.717, 1.165) is 24.4 Å². The molecule has 0 radical (unpaired) electrons. The lowest BCUT2D eigenvalue weighted by molar-refractivity contribution is -0.0712. The molecule has 3 aromatic heterocycles. The number of pyridine rings is 1. The summed E-state index contributed by atoms with van der Waals surface area (Å²) in [6.07, 6.45) is 4.56. The van der Waals surface area contributed by atoms with Crippen LogP contribution in [0.3, 0.4) is 0 Å². The Labute approximate surface area is 189 Å². The maximum Gasteiger partial charge on any atom is 0.0671 e. The summed E-state index contributed by atoms with van der Waals surface area (Å²) in [5.74, 6) is 1.10. The highest BCUT2D eigenvalue weighted by Crippen LogP contribution is 2.38. The van der Waals surface area contributed by atoms with Crippen LogP contribution in [0.5, 0.6) is 0 Å². The molecule has 32 heavy (non-hydrogen) atoms. The first-order valence-electron chi connectivity index (χ1n) is 12.0. The van der Waals surface area contributed by atoms with Crippen molar-refractivity contribution in [2.45, 2.75) is 51.5 Å². The van der Waals surface area contributed by atoms with E-state index in [1.54, 1.807) is 0 Å². The van der Waals surface area contributed by atoms with Crippen molar-refractivity contribution in [3.63, 3.8) is 0 Å². The summed E-state index contributed by atoms with van der Waals surface area (Å²) < 4.78 is 7.35. The molecule has 1 aromatic carbocycles. The quantitative estimate of drug-likeness (QED) is 0.467. The molecule has 1 N–H and O–H groups in total. The van der Waals surface area contributed by atoms with Crippen LogP contribution in [0, 0.1) is 6.92 Å². The van der Waals surface area contributed by atoms with Crippen molar-refractivity contribution in [3.05, 3.63) is 59.4 Å². The van der Waals surface area contributed by atoms with Gasteiger partial charge in [0.25, 0.3) is 0 Å². The van der Waals surface area contributed by atoms with Crippen molar-refractivity contribution in [2.24, 2.45) is 0 Å². The minimum absolute atomic E-state index is 0.442. The van der Waals surface area contributed by atoms with E-state index < -0.39 is 0 Å². The second-order valence-corrected chi connectivity index (χ2v) is 9.95. The third-order valence-electron chi connectivity index (χ3n) is 7.45. The molecule has 2 saturated heterocycles. The zero-order valence-electron chi connectivity index (χ0n) is 19.3. The van der Waals surface area contributed by atoms with Gasteiger partial charge in [0.15, 0.2) is 0 Å². The fourth-order valence-corrected chi connectivity index (χ4v) is 5.62. The Morgan fingerprint density at radius 1 is 1.06 bits per heavy atom. The first kappa shape index (κ1) is 20.0. The molecule has 5 heteroatoms. The van der Waals surface area contributed by atoms with Gasteiger partial charge in [-0.15, -0.1) is 0 Å². The summed E-state index contributed by atoms with van der Waals surface area (Å²) in [6.45, 7) is 10.9. The average Bonchev–Trinajstić information content (AvgIpc) is 3.31. The van der Waals surface area contributed by atoms with E-state index in [-0.39, 0.29) is 0 Å². The Bertz CT molecular complexity index is 1270. The highest BCUT2D eigenvalue weighted by molar-refractivity contribution is 5.92. The van der Waals surface area contributed by atoms with E-state index in [1.165, 1.54) is 59.2 Å². The topological polar surface area (TPSA) is 45.6 Å². The Kier molecular flexibility index (Phi) is 4.85. The Morgan fingerprint density at radius 3 is 2.59 bits per heavy atom. The Balaban J connectivity index is 1.35. The predicted octanol–water partition coefficient (Wildman–Crippen LogP) is 5.49. The minimum Gasteiger partial charge on any atom is -0.378 e. The number of piperidine rings is 1. The van der Waals surface area contributed by atoms with Gasteiger partial charge in [0.1, 0.15) is 0 Å². The van der Waals surface area contributed by atoms with Gasteiger partial charge in [0, 0.05) is 22.7 Å². The zero-order chi connectivity index (χ0) is 21.8. The van der Waals surface area contributed by atoms with Crippen LogP contribution in [-0.4, -0.2) is 51.8 Å². The number of nitrogens with one attached hydrogen (secondary N) is 1. The maximum absolute atomic E-state index is 5.40. The molecule has 0 atom stereocenters. The maximum atomic E-state index is 5.40. The number of hydrogen-bond acceptors (Lipinski definition) is 3. The van der Waals surface area contributed by atoms with E-state index in [1.807, 2.05) is 11.4 Å². The molecule has 2 aliphatic heterocycles. The van der Waals surface area contributed by atoms with Crippen LogP contribution >= 0.6 is 0 Å². The minimum atomic E-state index is 0.442. The number of fused-ring (bicyclic) bond motifs is 2. The molecule has 0 saturated carbocycles. The largest absolute Gasteiger partial charge is 0.378 e. The van der Waals surface area contributed by atoms with Gasteiger partial charge in [0.05, 0.1) is 36.2 Å². The lowest BCUT2D eigenvalue weighted by Crippen LogP contribution is -2.51. The summed E-state index contributed by atoms with van der Waals surface area (Å²) in [5, 5.41) is 5.91. The SMILES string of the molecule is Cc1cc2cc(-c3[nH]c4ccc(C5CCN(C6COC6)CC5)cc4c3C(C)C)ccn2n1. The standard InChI is InChI=1S/C27H32N4O/c1-17(2)26-24-14-20(19-6-9-30(10-7-19)23-15-32-16-23)4-5-25(24)28-27(26)21-8-11-31-22(13-21)12-18(3)29-31/h4-5,8,11-14,17,19,23,28H,6-7,9-10,15-16H2,1-3H3. The predicted molar refractivity (Wildman–Crippen MR) is 129 cm³/mol. The van der Waals surface area contributed by atoms with Crippen LogP contribution in [0.1, 0.15) is 55.3 Å². The normalized spacial score (nSPS) is 18.8. The van der Waals surface area contributed by atoms with Gasteiger partial charge in [-0.25, -0.2) is 4.52 Å². The summed E-state index contributed by atoms with van der Waals surface area (Å²) >= 11 is 0. The molecular formula is C27H32N4O. The third-order valence-corrected chi connectivity index (χ3v) is 7.45. The first-order chi connectivity index (χ1) is 15.6. The second-order valence-electron chi connectivity index (χ2n) is 9.95. The zero-order valence-corrected chi connectivity index (χ0v) is 19.3. The van der Waals surface area contributed by atoms with Gasteiger partial charge in [0.2, 0.25) is 0 Å². The molecule has 2 aliphatic rings. The van der Waals surface area contributed by atoms with Gasteiger partial charge in [-0.1, -0.05) is 19.9 Å². The number of nitrogens with zero attached hydrogens (tertiary/aromatic N) is 3. The van der Waals surface area contributed by atoms with Crippen molar-refractivity contribution in [1.29, 1.82) is 0 Å². The fourth-order valence-electron chi connectivity index (χ4n) is 5.62. The van der Waals surface area contributed by atoms with E-state index in [0.29, 0.717) is 17.9 Å². The van der Waals surface area contributed by atoms with Gasteiger partial charge in [-0.3, -0.25) is 4.90 Å². The molecular weight excluding hydrogens is 396 g/mol. The van der Waals surface area contributed by atoms with Crippen molar-refractivity contribution >= 4 is 16.4 Å². The summed E-state index contributed by atoms with van der Waals surface area (Å²) in [4.78, 5) is 6.37. The van der Waals surface area contributed by atoms with E-state index in [2.05, 4.69) is 71.4 Å². The first-order valence-corrected chi connectivity index (χ1v) is 12.0. The number of likely N-dealkylation sites (tertiary alicyclic amines) is 1. The molecule has 166 valence electrons. The fraction of sp³-hybridized carbons (Fsp3) is 0.444. The molecule has 0 bridgehead atoms. The van der Waals surface area contributed by atoms with Crippen molar-refractivity contribution in [2.75, 3.05) is 26.3 Å². The second kappa shape index (κ2) is 7.75. The highest BCUT2D eigenvalue weighted by atomic mass is 16.5. The molecule has 0 spiro atoms. The molecule has 0 aliphatic carbocycles. The summed E-state index contributed by atoms with van der Waals surface area (Å²) in [5.41, 5.74) is 8.81. The van der Waals surface area contributed by atoms with E-state index in [9.17, 15) is 0 Å². The monoisotopic (exact) mass is 428 g/mol. The molecule has 5 nitrogen and oxygen atoms in total. The lowest BCUT2D eigenvalue weighted by Gasteiger charge is -2.41. The Morgan fingerprint density at radius 2 is 1.88 bits per heavy atom. The van der Waals surface area contributed by atoms with Gasteiger partial charge in [-0.05, 0) is 86.1 Å². The molecule has 0 amide bonds. The molecule has 0 unspecified atom stereocenters. The van der Waals surface area contributed by atoms with Crippen LogP contribution in [0.4, 0.5) is 0 Å². The number of H-pyrrole nitrogens is 1. The van der Waals surface area contributed by atoms with Crippen LogP contribution in [-0.2, 0) is 4.74 Å². The molecule has 2 fully saturated rings. The van der Waals surface area contributed by atoms with Gasteiger partial charge in [-0.2, -0.15) is 5.10 Å². The van der Waals surface area contributed by atoms with Crippen LogP contribution in [0.15, 0.2) is 42.6 Å². The van der Waals surface area contributed by atoms with Crippen LogP contribution in [0.25, 0.3) is 27.7 Å². The number of rotatable bonds is 4. The number of benzene rings is 1. The summed E-state index contributed by atoms with van der Waals surface area (Å²) in [6, 6.07) is 14.3. The highest BCUT2D eigenvalue weighted by Gasteiger charge is 2.30. The van der Waals surface area contributed by atoms with E-state index >= 15 is 0 Å². The van der Waals surface area contributed by atoms with Crippen molar-refractivity contribution in [3.8, 4) is 11.3 Å². The third kappa shape index (κ3) is 3.35.